The van der Waals surface area contributed by atoms with Crippen molar-refractivity contribution in [2.45, 2.75) is 97.8 Å². The Morgan fingerprint density at radius 3 is 2.18 bits per heavy atom. The molecule has 1 fully saturated rings. The fraction of sp³-hybridized carbons (Fsp3) is 1.00. The smallest absolute Gasteiger partial charge is 0.0298 e. The molecule has 0 nitrogen and oxygen atoms in total. The Bertz CT molecular complexity index is 169. The Kier molecular flexibility index (Phi) is 7.23. The first-order valence-electron chi connectivity index (χ1n) is 8.18. The summed E-state index contributed by atoms with van der Waals surface area (Å²) in [6.07, 6.45) is 17.9. The van der Waals surface area contributed by atoms with E-state index in [9.17, 15) is 0 Å². The predicted octanol–water partition coefficient (Wildman–Crippen LogP) is 6.34. The third kappa shape index (κ3) is 5.93. The summed E-state index contributed by atoms with van der Waals surface area (Å²) in [5.41, 5.74) is 0.769. The summed E-state index contributed by atoms with van der Waals surface area (Å²) in [5.74, 6) is 0.897. The molecule has 0 heteroatoms. The summed E-state index contributed by atoms with van der Waals surface area (Å²) in [5, 5.41) is 0. The molecule has 0 unspecified atom stereocenters. The maximum Gasteiger partial charge on any atom is -0.0298 e. The molecule has 1 rings (SSSR count). The van der Waals surface area contributed by atoms with Crippen molar-refractivity contribution in [3.8, 4) is 0 Å². The molecule has 0 bridgehead atoms. The molecule has 0 N–H and O–H groups in total. The Morgan fingerprint density at radius 2 is 1.59 bits per heavy atom. The van der Waals surface area contributed by atoms with Crippen LogP contribution in [0.1, 0.15) is 97.8 Å². The lowest BCUT2D eigenvalue weighted by molar-refractivity contribution is 0.150. The van der Waals surface area contributed by atoms with Crippen LogP contribution >= 0.6 is 0 Å². The van der Waals surface area contributed by atoms with E-state index in [1.807, 2.05) is 0 Å². The van der Waals surface area contributed by atoms with Gasteiger partial charge in [-0.05, 0) is 37.0 Å². The van der Waals surface area contributed by atoms with Crippen molar-refractivity contribution >= 4 is 0 Å². The van der Waals surface area contributed by atoms with E-state index in [-0.39, 0.29) is 0 Å². The Labute approximate surface area is 110 Å². The van der Waals surface area contributed by atoms with Crippen molar-refractivity contribution in [1.29, 1.82) is 0 Å². The van der Waals surface area contributed by atoms with Crippen LogP contribution in [-0.4, -0.2) is 0 Å². The summed E-state index contributed by atoms with van der Waals surface area (Å²) in [6.45, 7) is 7.06. The zero-order chi connectivity index (χ0) is 12.6. The lowest BCUT2D eigenvalue weighted by Gasteiger charge is -2.37. The Morgan fingerprint density at radius 1 is 0.882 bits per heavy atom. The minimum absolute atomic E-state index is 0.769. The van der Waals surface area contributed by atoms with Crippen molar-refractivity contribution < 1.29 is 0 Å². The topological polar surface area (TPSA) is 0 Å². The molecule has 0 atom stereocenters. The molecular formula is C17H34. The highest BCUT2D eigenvalue weighted by Gasteiger charge is 2.30. The number of hydrogen-bond donors (Lipinski definition) is 0. The molecule has 17 heavy (non-hydrogen) atoms. The fourth-order valence-electron chi connectivity index (χ4n) is 3.69. The molecule has 0 saturated heterocycles. The third-order valence-electron chi connectivity index (χ3n) is 4.68. The van der Waals surface area contributed by atoms with Crippen LogP contribution in [0, 0.1) is 11.3 Å². The third-order valence-corrected chi connectivity index (χ3v) is 4.68. The van der Waals surface area contributed by atoms with Gasteiger partial charge in [0.1, 0.15) is 0 Å². The summed E-state index contributed by atoms with van der Waals surface area (Å²) in [4.78, 5) is 0. The van der Waals surface area contributed by atoms with E-state index < -0.39 is 0 Å². The molecule has 1 aliphatic rings. The van der Waals surface area contributed by atoms with Gasteiger partial charge in [-0.3, -0.25) is 0 Å². The van der Waals surface area contributed by atoms with Crippen LogP contribution in [0.15, 0.2) is 0 Å². The SMILES string of the molecule is CCCC1(CCCCCC(C)C)CCCCC1. The second kappa shape index (κ2) is 8.16. The maximum absolute atomic E-state index is 2.37. The minimum atomic E-state index is 0.769. The molecule has 0 aromatic carbocycles. The van der Waals surface area contributed by atoms with Crippen LogP contribution < -0.4 is 0 Å². The van der Waals surface area contributed by atoms with Crippen LogP contribution in [0.25, 0.3) is 0 Å². The second-order valence-corrected chi connectivity index (χ2v) is 6.80. The normalized spacial score (nSPS) is 19.8. The molecule has 0 heterocycles. The van der Waals surface area contributed by atoms with Crippen molar-refractivity contribution in [2.75, 3.05) is 0 Å². The van der Waals surface area contributed by atoms with Gasteiger partial charge in [-0.25, -0.2) is 0 Å². The lowest BCUT2D eigenvalue weighted by atomic mass is 9.68. The van der Waals surface area contributed by atoms with E-state index in [2.05, 4.69) is 20.8 Å². The Balaban J connectivity index is 2.20. The molecule has 0 aliphatic heterocycles. The highest BCUT2D eigenvalue weighted by Crippen LogP contribution is 2.44. The van der Waals surface area contributed by atoms with Gasteiger partial charge in [0.25, 0.3) is 0 Å². The van der Waals surface area contributed by atoms with E-state index in [1.54, 1.807) is 0 Å². The summed E-state index contributed by atoms with van der Waals surface area (Å²) in [7, 11) is 0. The molecular weight excluding hydrogens is 204 g/mol. The van der Waals surface area contributed by atoms with Crippen molar-refractivity contribution in [3.63, 3.8) is 0 Å². The minimum Gasteiger partial charge on any atom is -0.0654 e. The van der Waals surface area contributed by atoms with Crippen LogP contribution in [0.3, 0.4) is 0 Å². The molecule has 0 aromatic heterocycles. The van der Waals surface area contributed by atoms with Crippen LogP contribution in [0.5, 0.6) is 0 Å². The van der Waals surface area contributed by atoms with Crippen molar-refractivity contribution in [2.24, 2.45) is 11.3 Å². The quantitative estimate of drug-likeness (QED) is 0.433. The Hall–Kier alpha value is 0. The van der Waals surface area contributed by atoms with Gasteiger partial charge >= 0.3 is 0 Å². The number of hydrogen-bond acceptors (Lipinski definition) is 0. The van der Waals surface area contributed by atoms with Gasteiger partial charge in [0.05, 0.1) is 0 Å². The van der Waals surface area contributed by atoms with Gasteiger partial charge in [0, 0.05) is 0 Å². The molecule has 0 amide bonds. The zero-order valence-corrected chi connectivity index (χ0v) is 12.6. The van der Waals surface area contributed by atoms with Crippen LogP contribution in [-0.2, 0) is 0 Å². The van der Waals surface area contributed by atoms with E-state index in [4.69, 9.17) is 0 Å². The van der Waals surface area contributed by atoms with Crippen LogP contribution in [0.4, 0.5) is 0 Å². The summed E-state index contributed by atoms with van der Waals surface area (Å²) >= 11 is 0. The van der Waals surface area contributed by atoms with Gasteiger partial charge in [0.2, 0.25) is 0 Å². The number of unbranched alkanes of at least 4 members (excludes halogenated alkanes) is 2. The highest BCUT2D eigenvalue weighted by atomic mass is 14.3. The highest BCUT2D eigenvalue weighted by molar-refractivity contribution is 4.82. The monoisotopic (exact) mass is 238 g/mol. The molecule has 102 valence electrons. The van der Waals surface area contributed by atoms with Gasteiger partial charge in [-0.2, -0.15) is 0 Å². The standard InChI is InChI=1S/C17H34/c1-4-12-17(14-9-6-10-15-17)13-8-5-7-11-16(2)3/h16H,4-15H2,1-3H3. The maximum atomic E-state index is 2.37. The summed E-state index contributed by atoms with van der Waals surface area (Å²) in [6, 6.07) is 0. The first-order chi connectivity index (χ1) is 8.18. The first kappa shape index (κ1) is 15.1. The molecule has 1 saturated carbocycles. The average Bonchev–Trinajstić information content (AvgIpc) is 2.30. The number of rotatable bonds is 8. The first-order valence-corrected chi connectivity index (χ1v) is 8.18. The van der Waals surface area contributed by atoms with Gasteiger partial charge < -0.3 is 0 Å². The van der Waals surface area contributed by atoms with E-state index in [0.717, 1.165) is 11.3 Å². The molecule has 0 aromatic rings. The van der Waals surface area contributed by atoms with Gasteiger partial charge in [-0.1, -0.05) is 72.1 Å². The molecule has 1 aliphatic carbocycles. The van der Waals surface area contributed by atoms with E-state index in [1.165, 1.54) is 77.0 Å². The largest absolute Gasteiger partial charge is 0.0654 e. The lowest BCUT2D eigenvalue weighted by Crippen LogP contribution is -2.23. The van der Waals surface area contributed by atoms with E-state index in [0.29, 0.717) is 0 Å². The van der Waals surface area contributed by atoms with Crippen LogP contribution in [0.2, 0.25) is 0 Å². The fourth-order valence-corrected chi connectivity index (χ4v) is 3.69. The second-order valence-electron chi connectivity index (χ2n) is 6.80. The van der Waals surface area contributed by atoms with Crippen molar-refractivity contribution in [1.82, 2.24) is 0 Å². The molecule has 0 spiro atoms. The predicted molar refractivity (Wildman–Crippen MR) is 78.3 cm³/mol. The molecule has 0 radical (unpaired) electrons. The zero-order valence-electron chi connectivity index (χ0n) is 12.6. The van der Waals surface area contributed by atoms with Crippen molar-refractivity contribution in [3.05, 3.63) is 0 Å². The van der Waals surface area contributed by atoms with Gasteiger partial charge in [0.15, 0.2) is 0 Å². The van der Waals surface area contributed by atoms with Gasteiger partial charge in [-0.15, -0.1) is 0 Å². The van der Waals surface area contributed by atoms with E-state index >= 15 is 0 Å². The summed E-state index contributed by atoms with van der Waals surface area (Å²) < 4.78 is 0. The average molecular weight is 238 g/mol.